The number of likely N-dealkylation sites (N-methyl/N-ethyl adjacent to an activating group) is 1. The van der Waals surface area contributed by atoms with Gasteiger partial charge in [0.1, 0.15) is 12.9 Å². The number of carbonyl (C=O) groups excluding carboxylic acids is 1. The maximum Gasteiger partial charge on any atom is 0.145 e. The number of ether oxygens (including phenoxy) is 1. The summed E-state index contributed by atoms with van der Waals surface area (Å²) in [7, 11) is 1.83. The average Bonchev–Trinajstić information content (AvgIpc) is 2.52. The van der Waals surface area contributed by atoms with E-state index in [4.69, 9.17) is 4.74 Å². The maximum absolute atomic E-state index is 10.2. The highest BCUT2D eigenvalue weighted by molar-refractivity contribution is 5.50. The fourth-order valence-electron chi connectivity index (χ4n) is 1.76. The van der Waals surface area contributed by atoms with Crippen molar-refractivity contribution >= 4 is 6.29 Å². The Morgan fingerprint density at radius 2 is 1.82 bits per heavy atom. The van der Waals surface area contributed by atoms with Crippen molar-refractivity contribution in [3.63, 3.8) is 0 Å². The number of allylic oxidation sites excluding steroid dienone is 8. The second kappa shape index (κ2) is 12.8. The van der Waals surface area contributed by atoms with Gasteiger partial charge in [-0.2, -0.15) is 0 Å². The van der Waals surface area contributed by atoms with Crippen molar-refractivity contribution in [2.75, 3.05) is 20.3 Å². The summed E-state index contributed by atoms with van der Waals surface area (Å²) in [6.45, 7) is 11.0. The van der Waals surface area contributed by atoms with Crippen molar-refractivity contribution < 1.29 is 9.53 Å². The molecule has 0 amide bonds. The van der Waals surface area contributed by atoms with Crippen LogP contribution in [0, 0.1) is 11.8 Å². The van der Waals surface area contributed by atoms with Gasteiger partial charge in [0.25, 0.3) is 0 Å². The SMILES string of the molecule is C=C(C(C)/C=C\C=C/C)C(C)/C=C\C=C(\COCC=O)NC. The van der Waals surface area contributed by atoms with E-state index in [0.717, 1.165) is 12.0 Å². The molecule has 0 bridgehead atoms. The fraction of sp³-hybridized carbons (Fsp3) is 0.421. The van der Waals surface area contributed by atoms with E-state index in [1.54, 1.807) is 0 Å². The topological polar surface area (TPSA) is 38.3 Å². The van der Waals surface area contributed by atoms with Crippen LogP contribution in [0.15, 0.2) is 60.4 Å². The van der Waals surface area contributed by atoms with Crippen LogP contribution in [0.4, 0.5) is 0 Å². The summed E-state index contributed by atoms with van der Waals surface area (Å²) >= 11 is 0. The number of nitrogens with one attached hydrogen (secondary N) is 1. The minimum Gasteiger partial charge on any atom is -0.390 e. The summed E-state index contributed by atoms with van der Waals surface area (Å²) in [4.78, 5) is 10.2. The zero-order valence-corrected chi connectivity index (χ0v) is 14.2. The van der Waals surface area contributed by atoms with Gasteiger partial charge in [0, 0.05) is 12.7 Å². The summed E-state index contributed by atoms with van der Waals surface area (Å²) in [5.74, 6) is 0.620. The van der Waals surface area contributed by atoms with Crippen LogP contribution in [0.3, 0.4) is 0 Å². The standard InChI is InChI=1S/C19H29NO2/c1-6-7-8-10-16(2)18(4)17(3)11-9-12-19(20-5)15-22-14-13-21/h6-13,16-17,20H,4,14-15H2,1-3,5H3/b7-6-,10-8-,11-9-,19-12-. The molecule has 0 fully saturated rings. The Morgan fingerprint density at radius 1 is 1.18 bits per heavy atom. The molecule has 3 heteroatoms. The fourth-order valence-corrected chi connectivity index (χ4v) is 1.76. The molecule has 0 aliphatic rings. The van der Waals surface area contributed by atoms with Gasteiger partial charge in [0.15, 0.2) is 0 Å². The second-order valence-electron chi connectivity index (χ2n) is 5.07. The van der Waals surface area contributed by atoms with E-state index in [0.29, 0.717) is 12.5 Å². The van der Waals surface area contributed by atoms with Crippen LogP contribution >= 0.6 is 0 Å². The Balaban J connectivity index is 4.50. The Morgan fingerprint density at radius 3 is 2.36 bits per heavy atom. The molecule has 1 N–H and O–H groups in total. The Bertz CT molecular complexity index is 444. The van der Waals surface area contributed by atoms with Crippen molar-refractivity contribution in [2.24, 2.45) is 11.8 Å². The van der Waals surface area contributed by atoms with Gasteiger partial charge >= 0.3 is 0 Å². The molecule has 0 aromatic carbocycles. The van der Waals surface area contributed by atoms with Gasteiger partial charge in [-0.25, -0.2) is 0 Å². The van der Waals surface area contributed by atoms with Crippen LogP contribution in [0.1, 0.15) is 20.8 Å². The minimum absolute atomic E-state index is 0.117. The summed E-state index contributed by atoms with van der Waals surface area (Å²) in [6.07, 6.45) is 15.0. The van der Waals surface area contributed by atoms with Gasteiger partial charge in [-0.15, -0.1) is 0 Å². The van der Waals surface area contributed by atoms with E-state index in [1.807, 2.05) is 38.3 Å². The Hall–Kier alpha value is -1.87. The molecule has 0 saturated carbocycles. The van der Waals surface area contributed by atoms with E-state index < -0.39 is 0 Å². The summed E-state index contributed by atoms with van der Waals surface area (Å²) in [5.41, 5.74) is 2.10. The molecule has 0 aliphatic carbocycles. The average molecular weight is 303 g/mol. The van der Waals surface area contributed by atoms with E-state index in [9.17, 15) is 4.79 Å². The molecule has 2 unspecified atom stereocenters. The third-order valence-corrected chi connectivity index (χ3v) is 3.33. The second-order valence-corrected chi connectivity index (χ2v) is 5.07. The highest BCUT2D eigenvalue weighted by atomic mass is 16.5. The quantitative estimate of drug-likeness (QED) is 0.273. The van der Waals surface area contributed by atoms with E-state index in [1.165, 1.54) is 5.57 Å². The summed E-state index contributed by atoms with van der Waals surface area (Å²) in [6, 6.07) is 0. The lowest BCUT2D eigenvalue weighted by atomic mass is 9.91. The van der Waals surface area contributed by atoms with Crippen LogP contribution in [-0.4, -0.2) is 26.5 Å². The first-order valence-corrected chi connectivity index (χ1v) is 7.61. The largest absolute Gasteiger partial charge is 0.390 e. The van der Waals surface area contributed by atoms with Crippen LogP contribution in [0.25, 0.3) is 0 Å². The number of hydrogen-bond acceptors (Lipinski definition) is 3. The molecule has 0 aromatic heterocycles. The van der Waals surface area contributed by atoms with E-state index >= 15 is 0 Å². The highest BCUT2D eigenvalue weighted by Crippen LogP contribution is 2.20. The minimum atomic E-state index is 0.117. The van der Waals surface area contributed by atoms with Crippen LogP contribution < -0.4 is 5.32 Å². The first kappa shape index (κ1) is 20.1. The maximum atomic E-state index is 10.2. The molecule has 0 aromatic rings. The van der Waals surface area contributed by atoms with Crippen molar-refractivity contribution in [3.05, 3.63) is 60.4 Å². The van der Waals surface area contributed by atoms with Gasteiger partial charge in [-0.1, -0.05) is 62.5 Å². The van der Waals surface area contributed by atoms with Crippen molar-refractivity contribution in [2.45, 2.75) is 20.8 Å². The van der Waals surface area contributed by atoms with E-state index in [2.05, 4.69) is 44.0 Å². The van der Waals surface area contributed by atoms with E-state index in [-0.39, 0.29) is 12.5 Å². The van der Waals surface area contributed by atoms with Gasteiger partial charge in [-0.05, 0) is 24.8 Å². The zero-order chi connectivity index (χ0) is 16.8. The predicted molar refractivity (Wildman–Crippen MR) is 94.6 cm³/mol. The number of hydrogen-bond donors (Lipinski definition) is 1. The summed E-state index contributed by atoms with van der Waals surface area (Å²) in [5, 5.41) is 3.05. The first-order valence-electron chi connectivity index (χ1n) is 7.61. The smallest absolute Gasteiger partial charge is 0.145 e. The van der Waals surface area contributed by atoms with Gasteiger partial charge in [0.05, 0.1) is 6.61 Å². The molecule has 2 atom stereocenters. The molecule has 0 saturated heterocycles. The zero-order valence-electron chi connectivity index (χ0n) is 14.2. The summed E-state index contributed by atoms with van der Waals surface area (Å²) < 4.78 is 5.17. The molecular formula is C19H29NO2. The van der Waals surface area contributed by atoms with Gasteiger partial charge in [0.2, 0.25) is 0 Å². The molecule has 3 nitrogen and oxygen atoms in total. The Kier molecular flexibility index (Phi) is 11.7. The van der Waals surface area contributed by atoms with Crippen LogP contribution in [0.2, 0.25) is 0 Å². The molecular weight excluding hydrogens is 274 g/mol. The predicted octanol–water partition coefficient (Wildman–Crippen LogP) is 3.82. The monoisotopic (exact) mass is 303 g/mol. The molecule has 0 heterocycles. The molecule has 0 aliphatic heterocycles. The molecule has 122 valence electrons. The lowest BCUT2D eigenvalue weighted by molar-refractivity contribution is -0.111. The third-order valence-electron chi connectivity index (χ3n) is 3.33. The lowest BCUT2D eigenvalue weighted by Crippen LogP contribution is -2.12. The lowest BCUT2D eigenvalue weighted by Gasteiger charge is -2.15. The van der Waals surface area contributed by atoms with Crippen molar-refractivity contribution in [3.8, 4) is 0 Å². The highest BCUT2D eigenvalue weighted by Gasteiger charge is 2.08. The molecule has 0 rings (SSSR count). The number of aldehydes is 1. The third kappa shape index (κ3) is 9.14. The van der Waals surface area contributed by atoms with Gasteiger partial charge < -0.3 is 14.8 Å². The number of carbonyl (C=O) groups is 1. The molecule has 22 heavy (non-hydrogen) atoms. The van der Waals surface area contributed by atoms with Crippen molar-refractivity contribution in [1.29, 1.82) is 0 Å². The van der Waals surface area contributed by atoms with Gasteiger partial charge in [-0.3, -0.25) is 0 Å². The van der Waals surface area contributed by atoms with Crippen LogP contribution in [0.5, 0.6) is 0 Å². The Labute approximate surface area is 135 Å². The normalized spacial score (nSPS) is 15.5. The van der Waals surface area contributed by atoms with Crippen molar-refractivity contribution in [1.82, 2.24) is 5.32 Å². The first-order chi connectivity index (χ1) is 10.6. The molecule has 0 radical (unpaired) electrons. The molecule has 0 spiro atoms. The number of rotatable bonds is 11. The van der Waals surface area contributed by atoms with Crippen LogP contribution in [-0.2, 0) is 9.53 Å².